The van der Waals surface area contributed by atoms with Crippen LogP contribution in [0.2, 0.25) is 0 Å². The second-order valence-corrected chi connectivity index (χ2v) is 15.3. The van der Waals surface area contributed by atoms with Gasteiger partial charge >= 0.3 is 6.09 Å². The van der Waals surface area contributed by atoms with E-state index in [-0.39, 0.29) is 23.1 Å². The molecule has 3 aromatic heterocycles. The lowest BCUT2D eigenvalue weighted by Gasteiger charge is -2.39. The molecule has 4 N–H and O–H groups in total. The lowest BCUT2D eigenvalue weighted by molar-refractivity contribution is 0.0876. The van der Waals surface area contributed by atoms with Crippen molar-refractivity contribution >= 4 is 45.3 Å². The van der Waals surface area contributed by atoms with Crippen molar-refractivity contribution in [2.75, 3.05) is 50.9 Å². The number of aromatic amines is 1. The number of rotatable bonds is 10. The van der Waals surface area contributed by atoms with E-state index in [1.165, 1.54) is 19.3 Å². The number of benzene rings is 2. The average molecular weight is 712 g/mol. The van der Waals surface area contributed by atoms with Crippen molar-refractivity contribution < 1.29 is 28.4 Å². The van der Waals surface area contributed by atoms with Gasteiger partial charge < -0.3 is 49.1 Å². The summed E-state index contributed by atoms with van der Waals surface area (Å²) in [6.07, 6.45) is 4.28. The molecule has 5 aromatic rings. The summed E-state index contributed by atoms with van der Waals surface area (Å²) < 4.78 is 17.4. The van der Waals surface area contributed by atoms with Crippen LogP contribution in [0.25, 0.3) is 21.9 Å². The number of aromatic nitrogens is 2. The Hall–Kier alpha value is -4.85. The van der Waals surface area contributed by atoms with Gasteiger partial charge in [0, 0.05) is 64.7 Å². The fourth-order valence-electron chi connectivity index (χ4n) is 7.21. The molecule has 0 radical (unpaired) electrons. The van der Waals surface area contributed by atoms with E-state index in [9.17, 15) is 14.7 Å². The molecule has 13 heteroatoms. The number of furan rings is 1. The van der Waals surface area contributed by atoms with Crippen LogP contribution in [0.1, 0.15) is 80.4 Å². The molecule has 2 aliphatic heterocycles. The second-order valence-electron chi connectivity index (χ2n) is 15.3. The van der Waals surface area contributed by atoms with Gasteiger partial charge in [0.05, 0.1) is 5.69 Å². The van der Waals surface area contributed by atoms with Crippen LogP contribution in [-0.4, -0.2) is 94.5 Å². The summed E-state index contributed by atoms with van der Waals surface area (Å²) in [5.74, 6) is 1.45. The Morgan fingerprint density at radius 3 is 2.50 bits per heavy atom. The van der Waals surface area contributed by atoms with E-state index in [0.29, 0.717) is 65.4 Å². The minimum absolute atomic E-state index is 0.170. The van der Waals surface area contributed by atoms with Gasteiger partial charge in [0.2, 0.25) is 12.1 Å². The van der Waals surface area contributed by atoms with Crippen molar-refractivity contribution in [3.05, 3.63) is 71.3 Å². The Morgan fingerprint density at radius 2 is 1.79 bits per heavy atom. The first-order valence-corrected chi connectivity index (χ1v) is 18.2. The molecular formula is C39H49N7O6. The molecule has 0 aliphatic carbocycles. The molecular weight excluding hydrogens is 662 g/mol. The third kappa shape index (κ3) is 7.81. The summed E-state index contributed by atoms with van der Waals surface area (Å²) in [4.78, 5) is 36.8. The normalized spacial score (nSPS) is 16.9. The molecule has 1 unspecified atom stereocenters. The van der Waals surface area contributed by atoms with E-state index in [1.54, 1.807) is 42.5 Å². The quantitative estimate of drug-likeness (QED) is 0.0900. The number of ether oxygens (including phenoxy) is 1. The standard InChI is InChI=1S/C39H49N7O6/c1-39(2,3)34-22-35(43-52-34)42-37(48)40-25-9-11-31-24(19-25)20-33(50-31)36(47)30-21-27-28(23-44(4)5)32(12-10-29(27)41-30)51-38(49)46-17-13-26(14-18-46)45-15-7-6-8-16-45/h9-12,19-22,26,37,40-41,48H,6-8,13-18,23H2,1-5H3,(H,42,43). The number of carbonyl (C=O) groups is 2. The SMILES string of the molecule is CN(C)Cc1c(OC(=O)N2CCC(N3CCCCC3)CC2)ccc2[nH]c(C(=O)c3cc4cc(NC(O)Nc5cc(C(C)(C)C)on5)ccc4o3)cc12. The number of hydrogen-bond donors (Lipinski definition) is 4. The molecule has 13 nitrogen and oxygen atoms in total. The van der Waals surface area contributed by atoms with Crippen LogP contribution in [0.3, 0.4) is 0 Å². The third-order valence-corrected chi connectivity index (χ3v) is 10.00. The van der Waals surface area contributed by atoms with Gasteiger partial charge in [-0.15, -0.1) is 0 Å². The highest BCUT2D eigenvalue weighted by Gasteiger charge is 2.29. The van der Waals surface area contributed by atoms with E-state index >= 15 is 0 Å². The van der Waals surface area contributed by atoms with Gasteiger partial charge in [0.1, 0.15) is 17.1 Å². The van der Waals surface area contributed by atoms with Gasteiger partial charge in [0.15, 0.2) is 11.6 Å². The number of ketones is 1. The number of anilines is 2. The van der Waals surface area contributed by atoms with Crippen molar-refractivity contribution in [2.24, 2.45) is 0 Å². The molecule has 1 amide bonds. The summed E-state index contributed by atoms with van der Waals surface area (Å²) in [6.45, 7) is 10.2. The van der Waals surface area contributed by atoms with Gasteiger partial charge in [-0.2, -0.15) is 0 Å². The fourth-order valence-corrected chi connectivity index (χ4v) is 7.21. The first kappa shape index (κ1) is 35.5. The number of nitrogens with one attached hydrogen (secondary N) is 3. The van der Waals surface area contributed by atoms with Crippen molar-refractivity contribution in [3.63, 3.8) is 0 Å². The summed E-state index contributed by atoms with van der Waals surface area (Å²) in [5.41, 5.74) is 2.86. The third-order valence-electron chi connectivity index (χ3n) is 10.00. The van der Waals surface area contributed by atoms with Gasteiger partial charge in [0.25, 0.3) is 0 Å². The molecule has 2 fully saturated rings. The Balaban J connectivity index is 1.04. The summed E-state index contributed by atoms with van der Waals surface area (Å²) in [6, 6.07) is 14.7. The van der Waals surface area contributed by atoms with Gasteiger partial charge in [-0.1, -0.05) is 32.3 Å². The molecule has 0 bridgehead atoms. The van der Waals surface area contributed by atoms with Crippen LogP contribution in [0.15, 0.2) is 57.5 Å². The average Bonchev–Trinajstić information content (AvgIpc) is 3.88. The van der Waals surface area contributed by atoms with Crippen LogP contribution >= 0.6 is 0 Å². The van der Waals surface area contributed by atoms with Crippen molar-refractivity contribution in [1.29, 1.82) is 0 Å². The molecule has 0 spiro atoms. The van der Waals surface area contributed by atoms with E-state index in [1.807, 2.05) is 50.7 Å². The van der Waals surface area contributed by atoms with Gasteiger partial charge in [-0.3, -0.25) is 4.79 Å². The summed E-state index contributed by atoms with van der Waals surface area (Å²) in [7, 11) is 3.91. The van der Waals surface area contributed by atoms with Crippen LogP contribution < -0.4 is 15.4 Å². The maximum atomic E-state index is 13.8. The maximum Gasteiger partial charge on any atom is 0.415 e. The minimum Gasteiger partial charge on any atom is -0.453 e. The lowest BCUT2D eigenvalue weighted by atomic mass is 9.93. The smallest absolute Gasteiger partial charge is 0.415 e. The van der Waals surface area contributed by atoms with E-state index < -0.39 is 6.35 Å². The second kappa shape index (κ2) is 14.6. The van der Waals surface area contributed by atoms with Crippen LogP contribution in [0.4, 0.5) is 16.3 Å². The first-order valence-electron chi connectivity index (χ1n) is 18.2. The minimum atomic E-state index is -1.15. The molecule has 2 aromatic carbocycles. The highest BCUT2D eigenvalue weighted by Crippen LogP contribution is 2.33. The highest BCUT2D eigenvalue weighted by atomic mass is 16.6. The van der Waals surface area contributed by atoms with Crippen molar-refractivity contribution in [3.8, 4) is 5.75 Å². The zero-order valence-corrected chi connectivity index (χ0v) is 30.6. The molecule has 1 atom stereocenters. The molecule has 0 saturated carbocycles. The number of aliphatic hydroxyl groups is 1. The summed E-state index contributed by atoms with van der Waals surface area (Å²) in [5, 5.41) is 21.9. The van der Waals surface area contributed by atoms with Crippen molar-refractivity contribution in [1.82, 2.24) is 24.8 Å². The molecule has 2 saturated heterocycles. The first-order chi connectivity index (χ1) is 24.9. The largest absolute Gasteiger partial charge is 0.453 e. The monoisotopic (exact) mass is 711 g/mol. The topological polar surface area (TPSA) is 152 Å². The fraction of sp³-hybridized carbons (Fsp3) is 0.462. The number of fused-ring (bicyclic) bond motifs is 2. The van der Waals surface area contributed by atoms with Crippen molar-refractivity contribution in [2.45, 2.75) is 77.2 Å². The zero-order chi connectivity index (χ0) is 36.6. The van der Waals surface area contributed by atoms with Gasteiger partial charge in [-0.05, 0) is 95.3 Å². The van der Waals surface area contributed by atoms with E-state index in [2.05, 4.69) is 25.7 Å². The molecule has 276 valence electrons. The molecule has 7 rings (SSSR count). The number of carbonyl (C=O) groups excluding carboxylic acids is 2. The molecule has 52 heavy (non-hydrogen) atoms. The Kier molecular flexibility index (Phi) is 10.0. The van der Waals surface area contributed by atoms with E-state index in [4.69, 9.17) is 13.7 Å². The Bertz CT molecular complexity index is 2040. The van der Waals surface area contributed by atoms with E-state index in [0.717, 1.165) is 42.4 Å². The van der Waals surface area contributed by atoms with Crippen LogP contribution in [-0.2, 0) is 12.0 Å². The number of nitrogens with zero attached hydrogens (tertiary/aromatic N) is 4. The maximum absolute atomic E-state index is 13.8. The van der Waals surface area contributed by atoms with Crippen LogP contribution in [0.5, 0.6) is 5.75 Å². The summed E-state index contributed by atoms with van der Waals surface area (Å²) >= 11 is 0. The zero-order valence-electron chi connectivity index (χ0n) is 30.6. The predicted molar refractivity (Wildman–Crippen MR) is 200 cm³/mol. The van der Waals surface area contributed by atoms with Crippen LogP contribution in [0, 0.1) is 0 Å². The Labute approximate surface area is 303 Å². The number of likely N-dealkylation sites (tertiary alicyclic amines) is 2. The highest BCUT2D eigenvalue weighted by molar-refractivity contribution is 6.10. The lowest BCUT2D eigenvalue weighted by Crippen LogP contribution is -2.48. The number of piperidine rings is 2. The number of hydrogen-bond acceptors (Lipinski definition) is 11. The number of H-pyrrole nitrogens is 1. The number of amides is 1. The molecule has 2 aliphatic rings. The Morgan fingerprint density at radius 1 is 1.02 bits per heavy atom. The number of aliphatic hydroxyl groups excluding tert-OH is 1. The van der Waals surface area contributed by atoms with Gasteiger partial charge in [-0.25, -0.2) is 4.79 Å². The predicted octanol–water partition coefficient (Wildman–Crippen LogP) is 6.74. The molecule has 5 heterocycles.